The fraction of sp³-hybridized carbons (Fsp3) is 0.533. The third-order valence-electron chi connectivity index (χ3n) is 4.05. The summed E-state index contributed by atoms with van der Waals surface area (Å²) >= 11 is 0. The molecular weight excluding hydrogens is 224 g/mol. The summed E-state index contributed by atoms with van der Waals surface area (Å²) in [5.74, 6) is 0.655. The minimum atomic E-state index is -0.0735. The van der Waals surface area contributed by atoms with Crippen LogP contribution in [0.3, 0.4) is 0 Å². The van der Waals surface area contributed by atoms with Gasteiger partial charge >= 0.3 is 0 Å². The third-order valence-corrected chi connectivity index (χ3v) is 4.05. The Labute approximate surface area is 109 Å². The van der Waals surface area contributed by atoms with Crippen LogP contribution < -0.4 is 5.32 Å². The SMILES string of the molecule is CNCC1CC(=O)N(Cc2ccccc2)C1(C)C. The fourth-order valence-corrected chi connectivity index (χ4v) is 2.74. The summed E-state index contributed by atoms with van der Waals surface area (Å²) in [6, 6.07) is 10.2. The highest BCUT2D eigenvalue weighted by Crippen LogP contribution is 2.36. The van der Waals surface area contributed by atoms with Crippen LogP contribution in [0.15, 0.2) is 30.3 Å². The van der Waals surface area contributed by atoms with Crippen molar-refractivity contribution in [3.63, 3.8) is 0 Å². The van der Waals surface area contributed by atoms with E-state index in [-0.39, 0.29) is 11.4 Å². The largest absolute Gasteiger partial charge is 0.333 e. The molecule has 0 bridgehead atoms. The Morgan fingerprint density at radius 2 is 2.00 bits per heavy atom. The maximum atomic E-state index is 12.2. The highest BCUT2D eigenvalue weighted by atomic mass is 16.2. The van der Waals surface area contributed by atoms with Crippen molar-refractivity contribution in [2.45, 2.75) is 32.4 Å². The maximum Gasteiger partial charge on any atom is 0.223 e. The first-order chi connectivity index (χ1) is 8.55. The Morgan fingerprint density at radius 3 is 2.61 bits per heavy atom. The van der Waals surface area contributed by atoms with E-state index in [1.807, 2.05) is 30.1 Å². The standard InChI is InChI=1S/C15H22N2O/c1-15(2)13(10-16-3)9-14(18)17(15)11-12-7-5-4-6-8-12/h4-8,13,16H,9-11H2,1-3H3. The summed E-state index contributed by atoms with van der Waals surface area (Å²) in [6.45, 7) is 5.95. The molecule has 0 saturated carbocycles. The minimum absolute atomic E-state index is 0.0735. The summed E-state index contributed by atoms with van der Waals surface area (Å²) in [5, 5.41) is 3.19. The highest BCUT2D eigenvalue weighted by Gasteiger charge is 2.45. The first-order valence-corrected chi connectivity index (χ1v) is 6.54. The van der Waals surface area contributed by atoms with Crippen molar-refractivity contribution in [1.29, 1.82) is 0 Å². The Balaban J connectivity index is 2.15. The molecule has 3 heteroatoms. The molecule has 1 unspecified atom stereocenters. The van der Waals surface area contributed by atoms with E-state index in [9.17, 15) is 4.79 Å². The van der Waals surface area contributed by atoms with Gasteiger partial charge in [0.1, 0.15) is 0 Å². The van der Waals surface area contributed by atoms with Crippen molar-refractivity contribution in [1.82, 2.24) is 10.2 Å². The Morgan fingerprint density at radius 1 is 1.33 bits per heavy atom. The number of benzene rings is 1. The first kappa shape index (κ1) is 13.1. The lowest BCUT2D eigenvalue weighted by Gasteiger charge is -2.36. The second-order valence-corrected chi connectivity index (χ2v) is 5.58. The van der Waals surface area contributed by atoms with E-state index in [0.29, 0.717) is 18.9 Å². The van der Waals surface area contributed by atoms with Crippen molar-refractivity contribution >= 4 is 5.91 Å². The Kier molecular flexibility index (Phi) is 3.71. The molecule has 3 nitrogen and oxygen atoms in total. The van der Waals surface area contributed by atoms with E-state index in [4.69, 9.17) is 0 Å². The van der Waals surface area contributed by atoms with Crippen LogP contribution in [0.25, 0.3) is 0 Å². The van der Waals surface area contributed by atoms with Gasteiger partial charge in [0.2, 0.25) is 5.91 Å². The Bertz CT molecular complexity index is 414. The van der Waals surface area contributed by atoms with Crippen LogP contribution in [-0.4, -0.2) is 29.9 Å². The number of carbonyl (C=O) groups excluding carboxylic acids is 1. The van der Waals surface area contributed by atoms with Crippen LogP contribution in [0.2, 0.25) is 0 Å². The molecule has 0 aromatic heterocycles. The van der Waals surface area contributed by atoms with Gasteiger partial charge in [-0.05, 0) is 26.5 Å². The van der Waals surface area contributed by atoms with Crippen LogP contribution in [0.4, 0.5) is 0 Å². The van der Waals surface area contributed by atoms with Gasteiger partial charge in [-0.2, -0.15) is 0 Å². The van der Waals surface area contributed by atoms with Crippen molar-refractivity contribution in [2.75, 3.05) is 13.6 Å². The summed E-state index contributed by atoms with van der Waals surface area (Å²) in [4.78, 5) is 14.2. The van der Waals surface area contributed by atoms with E-state index >= 15 is 0 Å². The van der Waals surface area contributed by atoms with Crippen LogP contribution in [0.1, 0.15) is 25.8 Å². The van der Waals surface area contributed by atoms with Gasteiger partial charge in [0.05, 0.1) is 0 Å². The molecule has 0 aliphatic carbocycles. The normalized spacial score (nSPS) is 22.5. The van der Waals surface area contributed by atoms with Gasteiger partial charge in [-0.25, -0.2) is 0 Å². The van der Waals surface area contributed by atoms with Crippen molar-refractivity contribution < 1.29 is 4.79 Å². The number of hydrogen-bond acceptors (Lipinski definition) is 2. The molecule has 98 valence electrons. The molecule has 1 amide bonds. The van der Waals surface area contributed by atoms with E-state index in [1.54, 1.807) is 0 Å². The third kappa shape index (κ3) is 2.41. The summed E-state index contributed by atoms with van der Waals surface area (Å²) < 4.78 is 0. The lowest BCUT2D eigenvalue weighted by atomic mass is 9.88. The predicted molar refractivity (Wildman–Crippen MR) is 73.1 cm³/mol. The predicted octanol–water partition coefficient (Wildman–Crippen LogP) is 2.03. The average molecular weight is 246 g/mol. The van der Waals surface area contributed by atoms with Gasteiger partial charge in [-0.3, -0.25) is 4.79 Å². The zero-order chi connectivity index (χ0) is 13.2. The quantitative estimate of drug-likeness (QED) is 0.881. The molecule has 1 aliphatic heterocycles. The number of likely N-dealkylation sites (tertiary alicyclic amines) is 1. The van der Waals surface area contributed by atoms with Crippen molar-refractivity contribution in [3.05, 3.63) is 35.9 Å². The maximum absolute atomic E-state index is 12.2. The molecule has 1 N–H and O–H groups in total. The summed E-state index contributed by atoms with van der Waals surface area (Å²) in [5.41, 5.74) is 1.12. The van der Waals surface area contributed by atoms with Gasteiger partial charge in [0, 0.05) is 31.0 Å². The van der Waals surface area contributed by atoms with Gasteiger partial charge in [0.15, 0.2) is 0 Å². The molecule has 0 radical (unpaired) electrons. The summed E-state index contributed by atoms with van der Waals surface area (Å²) in [6.07, 6.45) is 0.653. The number of carbonyl (C=O) groups is 1. The van der Waals surface area contributed by atoms with Crippen molar-refractivity contribution in [2.24, 2.45) is 5.92 Å². The van der Waals surface area contributed by atoms with Crippen LogP contribution in [0.5, 0.6) is 0 Å². The molecule has 1 fully saturated rings. The molecule has 1 aliphatic rings. The van der Waals surface area contributed by atoms with Gasteiger partial charge in [-0.1, -0.05) is 30.3 Å². The molecule has 18 heavy (non-hydrogen) atoms. The monoisotopic (exact) mass is 246 g/mol. The van der Waals surface area contributed by atoms with E-state index in [1.165, 1.54) is 5.56 Å². The zero-order valence-corrected chi connectivity index (χ0v) is 11.4. The van der Waals surface area contributed by atoms with E-state index < -0.39 is 0 Å². The Hall–Kier alpha value is -1.35. The fourth-order valence-electron chi connectivity index (χ4n) is 2.74. The molecular formula is C15H22N2O. The van der Waals surface area contributed by atoms with Crippen LogP contribution in [0, 0.1) is 5.92 Å². The number of rotatable bonds is 4. The minimum Gasteiger partial charge on any atom is -0.333 e. The number of nitrogens with one attached hydrogen (secondary N) is 1. The molecule has 1 aromatic rings. The number of amides is 1. The molecule has 2 rings (SSSR count). The zero-order valence-electron chi connectivity index (χ0n) is 11.4. The second kappa shape index (κ2) is 5.11. The smallest absolute Gasteiger partial charge is 0.223 e. The highest BCUT2D eigenvalue weighted by molar-refractivity contribution is 5.80. The summed E-state index contributed by atoms with van der Waals surface area (Å²) in [7, 11) is 1.94. The second-order valence-electron chi connectivity index (χ2n) is 5.58. The molecule has 1 saturated heterocycles. The molecule has 1 atom stereocenters. The topological polar surface area (TPSA) is 32.3 Å². The van der Waals surface area contributed by atoms with Crippen molar-refractivity contribution in [3.8, 4) is 0 Å². The number of nitrogens with zero attached hydrogens (tertiary/aromatic N) is 1. The van der Waals surface area contributed by atoms with Crippen LogP contribution >= 0.6 is 0 Å². The first-order valence-electron chi connectivity index (χ1n) is 6.54. The van der Waals surface area contributed by atoms with E-state index in [0.717, 1.165) is 6.54 Å². The molecule has 1 heterocycles. The lowest BCUT2D eigenvalue weighted by molar-refractivity contribution is -0.131. The average Bonchev–Trinajstić information content (AvgIpc) is 2.55. The lowest BCUT2D eigenvalue weighted by Crippen LogP contribution is -2.45. The van der Waals surface area contributed by atoms with Gasteiger partial charge in [-0.15, -0.1) is 0 Å². The molecule has 1 aromatic carbocycles. The van der Waals surface area contributed by atoms with Crippen LogP contribution in [-0.2, 0) is 11.3 Å². The van der Waals surface area contributed by atoms with E-state index in [2.05, 4.69) is 31.3 Å². The van der Waals surface area contributed by atoms with Gasteiger partial charge in [0.25, 0.3) is 0 Å². The van der Waals surface area contributed by atoms with Gasteiger partial charge < -0.3 is 10.2 Å². The molecule has 0 spiro atoms. The number of hydrogen-bond donors (Lipinski definition) is 1.